The molecule has 1 heterocycles. The van der Waals surface area contributed by atoms with Gasteiger partial charge in [-0.15, -0.1) is 0 Å². The Morgan fingerprint density at radius 3 is 1.79 bits per heavy atom. The summed E-state index contributed by atoms with van der Waals surface area (Å²) in [6.07, 6.45) is 8.94. The molecule has 0 unspecified atom stereocenters. The molecule has 0 bridgehead atoms. The number of nitrogens with zero attached hydrogens (tertiary/aromatic N) is 1. The summed E-state index contributed by atoms with van der Waals surface area (Å²) >= 11 is 0. The molecule has 0 spiro atoms. The van der Waals surface area contributed by atoms with Crippen molar-refractivity contribution < 1.29 is 15.0 Å². The molecule has 0 saturated carbocycles. The summed E-state index contributed by atoms with van der Waals surface area (Å²) in [4.78, 5) is 12.8. The third kappa shape index (κ3) is 21.4. The third-order valence-corrected chi connectivity index (χ3v) is 3.61. The molecule has 0 aliphatic carbocycles. The fourth-order valence-corrected chi connectivity index (χ4v) is 2.26. The summed E-state index contributed by atoms with van der Waals surface area (Å²) in [5.41, 5.74) is 0. The van der Waals surface area contributed by atoms with Gasteiger partial charge in [-0.1, -0.05) is 60.3 Å². The van der Waals surface area contributed by atoms with Crippen LogP contribution in [0.2, 0.25) is 0 Å². The van der Waals surface area contributed by atoms with Crippen LogP contribution in [-0.2, 0) is 4.79 Å². The Labute approximate surface area is 151 Å². The lowest BCUT2D eigenvalue weighted by Gasteiger charge is -2.30. The van der Waals surface area contributed by atoms with Crippen LogP contribution < -0.4 is 0 Å². The lowest BCUT2D eigenvalue weighted by molar-refractivity contribution is -0.130. The first-order valence-corrected chi connectivity index (χ1v) is 10.0. The number of hydrogen-bond acceptors (Lipinski definition) is 3. The van der Waals surface area contributed by atoms with E-state index in [1.807, 2.05) is 18.7 Å². The maximum absolute atomic E-state index is 10.9. The normalized spacial score (nSPS) is 13.6. The highest BCUT2D eigenvalue weighted by Crippen LogP contribution is 2.19. The van der Waals surface area contributed by atoms with Crippen LogP contribution in [0.15, 0.2) is 0 Å². The molecule has 1 aliphatic heterocycles. The zero-order chi connectivity index (χ0) is 19.2. The number of amides is 1. The Morgan fingerprint density at radius 2 is 1.46 bits per heavy atom. The summed E-state index contributed by atoms with van der Waals surface area (Å²) in [5, 5.41) is 17.0. The van der Waals surface area contributed by atoms with Gasteiger partial charge in [0.05, 0.1) is 0 Å². The monoisotopic (exact) mass is 347 g/mol. The zero-order valence-corrected chi connectivity index (χ0v) is 17.3. The van der Waals surface area contributed by atoms with Crippen molar-refractivity contribution in [2.45, 2.75) is 92.9 Å². The highest BCUT2D eigenvalue weighted by atomic mass is 16.3. The fourth-order valence-electron chi connectivity index (χ4n) is 2.26. The molecule has 148 valence electrons. The molecule has 1 rings (SSSR count). The molecule has 0 aromatic rings. The van der Waals surface area contributed by atoms with E-state index < -0.39 is 0 Å². The first-order chi connectivity index (χ1) is 11.6. The molecule has 4 heteroatoms. The Morgan fingerprint density at radius 1 is 0.958 bits per heavy atom. The van der Waals surface area contributed by atoms with Gasteiger partial charge in [-0.2, -0.15) is 0 Å². The third-order valence-electron chi connectivity index (χ3n) is 3.61. The summed E-state index contributed by atoms with van der Waals surface area (Å²) in [5.74, 6) is 0.808. The molecular weight excluding hydrogens is 302 g/mol. The van der Waals surface area contributed by atoms with Gasteiger partial charge in [0.2, 0.25) is 5.91 Å². The van der Waals surface area contributed by atoms with E-state index in [0.717, 1.165) is 38.8 Å². The van der Waals surface area contributed by atoms with Crippen LogP contribution in [0.3, 0.4) is 0 Å². The van der Waals surface area contributed by atoms with Gasteiger partial charge in [-0.25, -0.2) is 0 Å². The van der Waals surface area contributed by atoms with E-state index in [2.05, 4.69) is 20.8 Å². The molecule has 1 fully saturated rings. The van der Waals surface area contributed by atoms with Crippen molar-refractivity contribution in [1.82, 2.24) is 4.90 Å². The SMILES string of the molecule is CC.CC(=O)N1CCC(CCO)CC1.CCC.CCCCCCO. The van der Waals surface area contributed by atoms with E-state index in [-0.39, 0.29) is 12.5 Å². The first kappa shape index (κ1) is 28.2. The van der Waals surface area contributed by atoms with Gasteiger partial charge in [-0.05, 0) is 31.6 Å². The lowest BCUT2D eigenvalue weighted by Crippen LogP contribution is -2.37. The van der Waals surface area contributed by atoms with Crippen molar-refractivity contribution in [2.24, 2.45) is 5.92 Å². The molecule has 4 nitrogen and oxygen atoms in total. The van der Waals surface area contributed by atoms with Crippen molar-refractivity contribution in [3.8, 4) is 0 Å². The van der Waals surface area contributed by atoms with E-state index in [0.29, 0.717) is 12.5 Å². The van der Waals surface area contributed by atoms with E-state index in [9.17, 15) is 4.79 Å². The van der Waals surface area contributed by atoms with Crippen LogP contribution in [0.1, 0.15) is 92.9 Å². The minimum absolute atomic E-state index is 0.178. The largest absolute Gasteiger partial charge is 0.396 e. The molecule has 0 atom stereocenters. The number of rotatable bonds is 6. The summed E-state index contributed by atoms with van der Waals surface area (Å²) in [6, 6.07) is 0. The number of aliphatic hydroxyl groups excluding tert-OH is 2. The first-order valence-electron chi connectivity index (χ1n) is 10.0. The van der Waals surface area contributed by atoms with Gasteiger partial charge in [0.1, 0.15) is 0 Å². The molecule has 1 amide bonds. The topological polar surface area (TPSA) is 60.8 Å². The van der Waals surface area contributed by atoms with Gasteiger partial charge >= 0.3 is 0 Å². The van der Waals surface area contributed by atoms with Crippen LogP contribution in [0.5, 0.6) is 0 Å². The van der Waals surface area contributed by atoms with Gasteiger partial charge in [0.15, 0.2) is 0 Å². The Bertz CT molecular complexity index is 223. The molecular formula is C20H45NO3. The lowest BCUT2D eigenvalue weighted by atomic mass is 9.94. The van der Waals surface area contributed by atoms with Gasteiger partial charge < -0.3 is 15.1 Å². The average molecular weight is 348 g/mol. The van der Waals surface area contributed by atoms with E-state index >= 15 is 0 Å². The maximum atomic E-state index is 10.9. The Kier molecular flexibility index (Phi) is 29.0. The van der Waals surface area contributed by atoms with Gasteiger partial charge in [-0.3, -0.25) is 4.79 Å². The second-order valence-electron chi connectivity index (χ2n) is 5.95. The second kappa shape index (κ2) is 24.6. The molecule has 0 aromatic heterocycles. The van der Waals surface area contributed by atoms with Crippen molar-refractivity contribution in [3.05, 3.63) is 0 Å². The smallest absolute Gasteiger partial charge is 0.219 e. The predicted octanol–water partition coefficient (Wildman–Crippen LogP) is 4.63. The highest BCUT2D eigenvalue weighted by Gasteiger charge is 2.19. The minimum atomic E-state index is 0.178. The molecule has 24 heavy (non-hydrogen) atoms. The Hall–Kier alpha value is -0.610. The van der Waals surface area contributed by atoms with Gasteiger partial charge in [0.25, 0.3) is 0 Å². The number of carbonyl (C=O) groups excluding carboxylic acids is 1. The van der Waals surface area contributed by atoms with Crippen molar-refractivity contribution in [2.75, 3.05) is 26.3 Å². The Balaban J connectivity index is -0.000000314. The second-order valence-corrected chi connectivity index (χ2v) is 5.95. The number of carbonyl (C=O) groups is 1. The number of likely N-dealkylation sites (tertiary alicyclic amines) is 1. The summed E-state index contributed by atoms with van der Waals surface area (Å²) in [6.45, 7) is 14.4. The quantitative estimate of drug-likeness (QED) is 0.689. The molecule has 1 saturated heterocycles. The molecule has 1 aliphatic rings. The van der Waals surface area contributed by atoms with E-state index in [4.69, 9.17) is 10.2 Å². The standard InChI is InChI=1S/C9H17NO2.C6H14O.C3H8.C2H6/c1-8(12)10-5-2-9(3-6-10)4-7-11;1-2-3-4-5-6-7;1-3-2;1-2/h9,11H,2-7H2,1H3;7H,2-6H2,1H3;3H2,1-2H3;1-2H3. The van der Waals surface area contributed by atoms with Crippen molar-refractivity contribution in [1.29, 1.82) is 0 Å². The summed E-state index contributed by atoms with van der Waals surface area (Å²) < 4.78 is 0. The van der Waals surface area contributed by atoms with Crippen LogP contribution in [0, 0.1) is 5.92 Å². The van der Waals surface area contributed by atoms with Crippen LogP contribution in [0.4, 0.5) is 0 Å². The van der Waals surface area contributed by atoms with Gasteiger partial charge in [0, 0.05) is 33.2 Å². The zero-order valence-electron chi connectivity index (χ0n) is 17.3. The maximum Gasteiger partial charge on any atom is 0.219 e. The number of unbranched alkanes of at least 4 members (excludes halogenated alkanes) is 3. The van der Waals surface area contributed by atoms with E-state index in [1.165, 1.54) is 25.7 Å². The van der Waals surface area contributed by atoms with Crippen molar-refractivity contribution >= 4 is 5.91 Å². The van der Waals surface area contributed by atoms with E-state index in [1.54, 1.807) is 6.92 Å². The van der Waals surface area contributed by atoms with Crippen LogP contribution in [-0.4, -0.2) is 47.3 Å². The van der Waals surface area contributed by atoms with Crippen LogP contribution >= 0.6 is 0 Å². The fraction of sp³-hybridized carbons (Fsp3) is 0.950. The highest BCUT2D eigenvalue weighted by molar-refractivity contribution is 5.73. The average Bonchev–Trinajstić information content (AvgIpc) is 2.59. The molecule has 0 aromatic carbocycles. The molecule has 2 N–H and O–H groups in total. The number of piperidine rings is 1. The van der Waals surface area contributed by atoms with Crippen molar-refractivity contribution in [3.63, 3.8) is 0 Å². The minimum Gasteiger partial charge on any atom is -0.396 e. The predicted molar refractivity (Wildman–Crippen MR) is 105 cm³/mol. The number of hydrogen-bond donors (Lipinski definition) is 2. The summed E-state index contributed by atoms with van der Waals surface area (Å²) in [7, 11) is 0. The molecule has 0 radical (unpaired) electrons. The van der Waals surface area contributed by atoms with Crippen LogP contribution in [0.25, 0.3) is 0 Å². The number of aliphatic hydroxyl groups is 2.